The Bertz CT molecular complexity index is 748. The van der Waals surface area contributed by atoms with Gasteiger partial charge in [0.15, 0.2) is 0 Å². The van der Waals surface area contributed by atoms with E-state index >= 15 is 0 Å². The van der Waals surface area contributed by atoms with E-state index in [-0.39, 0.29) is 6.04 Å². The molecule has 0 spiro atoms. The molecule has 20 heavy (non-hydrogen) atoms. The first-order valence-electron chi connectivity index (χ1n) is 6.72. The van der Waals surface area contributed by atoms with Crippen LogP contribution in [0.4, 0.5) is 0 Å². The highest BCUT2D eigenvalue weighted by Crippen LogP contribution is 2.32. The van der Waals surface area contributed by atoms with Crippen LogP contribution in [0, 0.1) is 0 Å². The summed E-state index contributed by atoms with van der Waals surface area (Å²) in [5, 5.41) is 2.83. The summed E-state index contributed by atoms with van der Waals surface area (Å²) in [4.78, 5) is 0. The molecule has 1 atom stereocenters. The van der Waals surface area contributed by atoms with E-state index in [2.05, 4.69) is 6.92 Å². The van der Waals surface area contributed by atoms with Crippen molar-refractivity contribution in [2.24, 2.45) is 5.73 Å². The Morgan fingerprint density at radius 2 is 1.80 bits per heavy atom. The first-order valence-corrected chi connectivity index (χ1v) is 7.10. The van der Waals surface area contributed by atoms with Crippen molar-refractivity contribution in [3.8, 4) is 0 Å². The van der Waals surface area contributed by atoms with Crippen molar-refractivity contribution in [1.82, 2.24) is 0 Å². The zero-order chi connectivity index (χ0) is 14.1. The van der Waals surface area contributed by atoms with Crippen molar-refractivity contribution in [1.29, 1.82) is 0 Å². The molecule has 0 bridgehead atoms. The van der Waals surface area contributed by atoms with Gasteiger partial charge in [-0.15, -0.1) is 0 Å². The minimum absolute atomic E-state index is 0.280. The lowest BCUT2D eigenvalue weighted by molar-refractivity contribution is 0.454. The van der Waals surface area contributed by atoms with Gasteiger partial charge < -0.3 is 10.2 Å². The van der Waals surface area contributed by atoms with Crippen LogP contribution in [0.1, 0.15) is 30.0 Å². The summed E-state index contributed by atoms with van der Waals surface area (Å²) in [5.74, 6) is 1.74. The van der Waals surface area contributed by atoms with Crippen molar-refractivity contribution in [2.45, 2.75) is 19.4 Å². The molecule has 3 aromatic rings. The van der Waals surface area contributed by atoms with Crippen LogP contribution in [0.3, 0.4) is 0 Å². The molecule has 3 rings (SSSR count). The molecule has 0 aliphatic rings. The molecular weight excluding hydrogens is 270 g/mol. The van der Waals surface area contributed by atoms with Gasteiger partial charge >= 0.3 is 0 Å². The zero-order valence-electron chi connectivity index (χ0n) is 11.3. The fraction of sp³-hybridized carbons (Fsp3) is 0.176. The summed E-state index contributed by atoms with van der Waals surface area (Å²) in [5.41, 5.74) is 7.39. The lowest BCUT2D eigenvalue weighted by Gasteiger charge is -2.13. The number of fused-ring (bicyclic) bond motifs is 1. The highest BCUT2D eigenvalue weighted by atomic mass is 35.5. The minimum atomic E-state index is -0.280. The second-order valence-corrected chi connectivity index (χ2v) is 5.22. The van der Waals surface area contributed by atoms with E-state index in [9.17, 15) is 0 Å². The van der Waals surface area contributed by atoms with Gasteiger partial charge in [-0.2, -0.15) is 0 Å². The van der Waals surface area contributed by atoms with Gasteiger partial charge in [0.05, 0.1) is 6.04 Å². The number of rotatable bonds is 3. The van der Waals surface area contributed by atoms with Crippen molar-refractivity contribution in [2.75, 3.05) is 0 Å². The van der Waals surface area contributed by atoms with Gasteiger partial charge in [0.25, 0.3) is 0 Å². The predicted octanol–water partition coefficient (Wildman–Crippen LogP) is 4.70. The summed E-state index contributed by atoms with van der Waals surface area (Å²) < 4.78 is 5.77. The molecular formula is C17H16ClNO. The summed E-state index contributed by atoms with van der Waals surface area (Å²) in [6.07, 6.45) is 0.869. The smallest absolute Gasteiger partial charge is 0.125 e. The summed E-state index contributed by atoms with van der Waals surface area (Å²) >= 11 is 6.24. The van der Waals surface area contributed by atoms with E-state index in [1.54, 1.807) is 0 Å². The third-order valence-electron chi connectivity index (χ3n) is 3.58. The van der Waals surface area contributed by atoms with E-state index < -0.39 is 0 Å². The quantitative estimate of drug-likeness (QED) is 0.758. The molecule has 2 nitrogen and oxygen atoms in total. The Morgan fingerprint density at radius 3 is 2.50 bits per heavy atom. The third-order valence-corrected chi connectivity index (χ3v) is 3.91. The molecule has 3 heteroatoms. The average Bonchev–Trinajstić information content (AvgIpc) is 2.96. The molecule has 0 aliphatic carbocycles. The van der Waals surface area contributed by atoms with Crippen LogP contribution in [0.5, 0.6) is 0 Å². The number of nitrogens with two attached hydrogens (primary N) is 1. The predicted molar refractivity (Wildman–Crippen MR) is 83.1 cm³/mol. The largest absolute Gasteiger partial charge is 0.464 e. The Hall–Kier alpha value is -1.77. The van der Waals surface area contributed by atoms with Crippen LogP contribution in [-0.4, -0.2) is 0 Å². The standard InChI is InChI=1S/C17H16ClNO/c1-2-11-7-10-16(20-11)17(19)14-8-9-15(18)13-6-4-3-5-12(13)14/h3-10,17H,2,19H2,1H3. The van der Waals surface area contributed by atoms with E-state index in [1.807, 2.05) is 48.5 Å². The molecule has 2 N–H and O–H groups in total. The minimum Gasteiger partial charge on any atom is -0.464 e. The van der Waals surface area contributed by atoms with Gasteiger partial charge in [-0.3, -0.25) is 0 Å². The molecule has 102 valence electrons. The third kappa shape index (κ3) is 2.21. The number of hydrogen-bond acceptors (Lipinski definition) is 2. The molecule has 2 aromatic carbocycles. The maximum atomic E-state index is 6.36. The molecule has 0 saturated heterocycles. The lowest BCUT2D eigenvalue weighted by Crippen LogP contribution is -2.11. The van der Waals surface area contributed by atoms with E-state index in [1.165, 1.54) is 0 Å². The second-order valence-electron chi connectivity index (χ2n) is 4.82. The Balaban J connectivity index is 2.12. The molecule has 1 aromatic heterocycles. The van der Waals surface area contributed by atoms with Crippen LogP contribution in [0.15, 0.2) is 52.9 Å². The van der Waals surface area contributed by atoms with Crippen LogP contribution in [-0.2, 0) is 6.42 Å². The monoisotopic (exact) mass is 285 g/mol. The highest BCUT2D eigenvalue weighted by molar-refractivity contribution is 6.35. The van der Waals surface area contributed by atoms with Crippen molar-refractivity contribution < 1.29 is 4.42 Å². The Labute approximate surface area is 123 Å². The Kier molecular flexibility index (Phi) is 3.51. The van der Waals surface area contributed by atoms with E-state index in [0.717, 1.165) is 39.3 Å². The van der Waals surface area contributed by atoms with E-state index in [0.29, 0.717) is 0 Å². The molecule has 0 aliphatic heterocycles. The summed E-state index contributed by atoms with van der Waals surface area (Å²) in [6, 6.07) is 15.5. The molecule has 0 amide bonds. The number of aryl methyl sites for hydroxylation is 1. The van der Waals surface area contributed by atoms with Gasteiger partial charge in [-0.1, -0.05) is 48.9 Å². The normalized spacial score (nSPS) is 12.8. The molecule has 1 unspecified atom stereocenters. The fourth-order valence-corrected chi connectivity index (χ4v) is 2.69. The first kappa shape index (κ1) is 13.2. The topological polar surface area (TPSA) is 39.2 Å². The zero-order valence-corrected chi connectivity index (χ0v) is 12.0. The van der Waals surface area contributed by atoms with Crippen molar-refractivity contribution in [3.63, 3.8) is 0 Å². The van der Waals surface area contributed by atoms with Gasteiger partial charge in [-0.05, 0) is 29.1 Å². The van der Waals surface area contributed by atoms with Gasteiger partial charge in [0, 0.05) is 16.8 Å². The average molecular weight is 286 g/mol. The second kappa shape index (κ2) is 5.31. The Morgan fingerprint density at radius 1 is 1.05 bits per heavy atom. The van der Waals surface area contributed by atoms with E-state index in [4.69, 9.17) is 21.8 Å². The fourth-order valence-electron chi connectivity index (χ4n) is 2.46. The first-order chi connectivity index (χ1) is 9.70. The number of hydrogen-bond donors (Lipinski definition) is 1. The molecule has 0 radical (unpaired) electrons. The van der Waals surface area contributed by atoms with Crippen LogP contribution in [0.2, 0.25) is 5.02 Å². The molecule has 0 fully saturated rings. The lowest BCUT2D eigenvalue weighted by atomic mass is 9.98. The van der Waals surface area contributed by atoms with Gasteiger partial charge in [0.2, 0.25) is 0 Å². The number of halogens is 1. The molecule has 0 saturated carbocycles. The summed E-state index contributed by atoms with van der Waals surface area (Å²) in [6.45, 7) is 2.06. The number of benzene rings is 2. The summed E-state index contributed by atoms with van der Waals surface area (Å²) in [7, 11) is 0. The van der Waals surface area contributed by atoms with Gasteiger partial charge in [0.1, 0.15) is 11.5 Å². The maximum Gasteiger partial charge on any atom is 0.125 e. The molecule has 1 heterocycles. The van der Waals surface area contributed by atoms with Crippen LogP contribution >= 0.6 is 11.6 Å². The van der Waals surface area contributed by atoms with Gasteiger partial charge in [-0.25, -0.2) is 0 Å². The van der Waals surface area contributed by atoms with Crippen molar-refractivity contribution in [3.05, 3.63) is 70.6 Å². The number of furan rings is 1. The van der Waals surface area contributed by atoms with Crippen LogP contribution < -0.4 is 5.73 Å². The SMILES string of the molecule is CCc1ccc(C(N)c2ccc(Cl)c3ccccc23)o1. The highest BCUT2D eigenvalue weighted by Gasteiger charge is 2.16. The van der Waals surface area contributed by atoms with Crippen LogP contribution in [0.25, 0.3) is 10.8 Å². The van der Waals surface area contributed by atoms with Crippen molar-refractivity contribution >= 4 is 22.4 Å². The maximum absolute atomic E-state index is 6.36.